The number of carboxylic acid groups (broad SMARTS) is 1. The predicted octanol–water partition coefficient (Wildman–Crippen LogP) is 3.67. The minimum Gasteiger partial charge on any atom is -0.478 e. The van der Waals surface area contributed by atoms with Crippen molar-refractivity contribution in [1.29, 1.82) is 0 Å². The van der Waals surface area contributed by atoms with Gasteiger partial charge in [-0.05, 0) is 55.0 Å². The van der Waals surface area contributed by atoms with Crippen LogP contribution < -0.4 is 5.84 Å². The maximum atomic E-state index is 12.8. The number of hydrogen-bond acceptors (Lipinski definition) is 4. The first-order chi connectivity index (χ1) is 15.0. The van der Waals surface area contributed by atoms with Crippen LogP contribution >= 0.6 is 0 Å². The lowest BCUT2D eigenvalue weighted by molar-refractivity contribution is -0.138. The molecule has 0 aliphatic carbocycles. The molecule has 0 aliphatic heterocycles. The van der Waals surface area contributed by atoms with Gasteiger partial charge in [0.15, 0.2) is 0 Å². The second-order valence-electron chi connectivity index (χ2n) is 7.82. The molecule has 9 heteroatoms. The SMILES string of the molecule is CC(CCC(O)Cc1cccc(C(F)(F)F)c1)C(=O)N(N)CCc1ccc(C(=O)O)cc1. The van der Waals surface area contributed by atoms with E-state index in [2.05, 4.69) is 0 Å². The van der Waals surface area contributed by atoms with Crippen LogP contribution in [0.4, 0.5) is 13.2 Å². The molecule has 0 saturated carbocycles. The smallest absolute Gasteiger partial charge is 0.416 e. The van der Waals surface area contributed by atoms with Crippen LogP contribution in [0, 0.1) is 5.92 Å². The van der Waals surface area contributed by atoms with Crippen molar-refractivity contribution >= 4 is 11.9 Å². The van der Waals surface area contributed by atoms with E-state index in [0.29, 0.717) is 18.4 Å². The molecule has 2 unspecified atom stereocenters. The highest BCUT2D eigenvalue weighted by Gasteiger charge is 2.30. The topological polar surface area (TPSA) is 104 Å². The van der Waals surface area contributed by atoms with E-state index in [1.54, 1.807) is 19.1 Å². The zero-order valence-electron chi connectivity index (χ0n) is 17.7. The van der Waals surface area contributed by atoms with E-state index < -0.39 is 29.7 Å². The molecule has 4 N–H and O–H groups in total. The molecule has 0 heterocycles. The van der Waals surface area contributed by atoms with Crippen molar-refractivity contribution in [2.45, 2.75) is 44.9 Å². The number of aliphatic hydroxyl groups excluding tert-OH is 1. The van der Waals surface area contributed by atoms with Crippen LogP contribution in [0.15, 0.2) is 48.5 Å². The van der Waals surface area contributed by atoms with Gasteiger partial charge in [-0.1, -0.05) is 37.3 Å². The number of nitrogens with two attached hydrogens (primary N) is 1. The standard InChI is InChI=1S/C23H27F3N2O4/c1-15(5-10-20(29)14-17-3-2-4-19(13-17)23(24,25)26)21(30)28(27)12-11-16-6-8-18(9-7-16)22(31)32/h2-4,6-9,13,15,20,29H,5,10-12,14,27H2,1H3,(H,31,32). The lowest BCUT2D eigenvalue weighted by Crippen LogP contribution is -2.42. The van der Waals surface area contributed by atoms with Crippen molar-refractivity contribution in [3.63, 3.8) is 0 Å². The molecule has 6 nitrogen and oxygen atoms in total. The number of hydrogen-bond donors (Lipinski definition) is 3. The van der Waals surface area contributed by atoms with Gasteiger partial charge in [0.1, 0.15) is 0 Å². The summed E-state index contributed by atoms with van der Waals surface area (Å²) in [5.74, 6) is 4.06. The fourth-order valence-electron chi connectivity index (χ4n) is 3.27. The summed E-state index contributed by atoms with van der Waals surface area (Å²) >= 11 is 0. The number of halogens is 3. The quantitative estimate of drug-likeness (QED) is 0.290. The Kier molecular flexibility index (Phi) is 8.80. The van der Waals surface area contributed by atoms with E-state index in [0.717, 1.165) is 22.7 Å². The fourth-order valence-corrected chi connectivity index (χ4v) is 3.27. The number of carbonyl (C=O) groups is 2. The largest absolute Gasteiger partial charge is 0.478 e. The van der Waals surface area contributed by atoms with Gasteiger partial charge < -0.3 is 10.2 Å². The highest BCUT2D eigenvalue weighted by atomic mass is 19.4. The van der Waals surface area contributed by atoms with E-state index >= 15 is 0 Å². The Balaban J connectivity index is 1.79. The van der Waals surface area contributed by atoms with Crippen LogP contribution in [-0.4, -0.2) is 39.7 Å². The maximum Gasteiger partial charge on any atom is 0.416 e. The molecule has 2 aromatic carbocycles. The van der Waals surface area contributed by atoms with E-state index in [1.165, 1.54) is 24.3 Å². The molecule has 0 spiro atoms. The van der Waals surface area contributed by atoms with Crippen LogP contribution in [0.5, 0.6) is 0 Å². The van der Waals surface area contributed by atoms with Crippen molar-refractivity contribution in [2.24, 2.45) is 11.8 Å². The molecule has 0 aliphatic rings. The number of carbonyl (C=O) groups excluding carboxylic acids is 1. The number of rotatable bonds is 10. The summed E-state index contributed by atoms with van der Waals surface area (Å²) in [5, 5.41) is 20.2. The van der Waals surface area contributed by atoms with Gasteiger partial charge in [0.05, 0.1) is 17.2 Å². The summed E-state index contributed by atoms with van der Waals surface area (Å²) in [7, 11) is 0. The second kappa shape index (κ2) is 11.1. The number of benzene rings is 2. The predicted molar refractivity (Wildman–Crippen MR) is 113 cm³/mol. The Bertz CT molecular complexity index is 916. The first-order valence-electron chi connectivity index (χ1n) is 10.2. The summed E-state index contributed by atoms with van der Waals surface area (Å²) in [6, 6.07) is 11.1. The molecule has 32 heavy (non-hydrogen) atoms. The molecule has 0 bridgehead atoms. The summed E-state index contributed by atoms with van der Waals surface area (Å²) in [5.41, 5.74) is 0.622. The molecule has 0 fully saturated rings. The molecule has 1 amide bonds. The molecule has 2 aromatic rings. The van der Waals surface area contributed by atoms with Crippen molar-refractivity contribution < 1.29 is 33.0 Å². The average molecular weight is 452 g/mol. The Labute approximate surface area is 184 Å². The van der Waals surface area contributed by atoms with Crippen LogP contribution in [-0.2, 0) is 23.8 Å². The molecule has 0 saturated heterocycles. The highest BCUT2D eigenvalue weighted by Crippen LogP contribution is 2.30. The minimum atomic E-state index is -4.44. The van der Waals surface area contributed by atoms with E-state index in [-0.39, 0.29) is 30.9 Å². The minimum absolute atomic E-state index is 0.0590. The second-order valence-corrected chi connectivity index (χ2v) is 7.82. The first kappa shape index (κ1) is 25.4. The van der Waals surface area contributed by atoms with Gasteiger partial charge in [0.2, 0.25) is 5.91 Å². The van der Waals surface area contributed by atoms with Gasteiger partial charge in [-0.15, -0.1) is 0 Å². The number of hydrazine groups is 1. The Morgan fingerprint density at radius 2 is 1.72 bits per heavy atom. The number of alkyl halides is 3. The zero-order valence-corrected chi connectivity index (χ0v) is 17.7. The molecular formula is C23H27F3N2O4. The lowest BCUT2D eigenvalue weighted by Gasteiger charge is -2.22. The third-order valence-corrected chi connectivity index (χ3v) is 5.21. The van der Waals surface area contributed by atoms with Crippen LogP contribution in [0.25, 0.3) is 0 Å². The van der Waals surface area contributed by atoms with Crippen molar-refractivity contribution in [3.05, 3.63) is 70.8 Å². The highest BCUT2D eigenvalue weighted by molar-refractivity contribution is 5.87. The fraction of sp³-hybridized carbons (Fsp3) is 0.391. The third kappa shape index (κ3) is 7.65. The van der Waals surface area contributed by atoms with E-state index in [9.17, 15) is 27.9 Å². The molecule has 2 rings (SSSR count). The Morgan fingerprint density at radius 3 is 2.31 bits per heavy atom. The summed E-state index contributed by atoms with van der Waals surface area (Å²) in [4.78, 5) is 23.3. The molecule has 2 atom stereocenters. The lowest BCUT2D eigenvalue weighted by atomic mass is 9.97. The van der Waals surface area contributed by atoms with Gasteiger partial charge in [-0.3, -0.25) is 9.80 Å². The van der Waals surface area contributed by atoms with Gasteiger partial charge in [0, 0.05) is 12.5 Å². The summed E-state index contributed by atoms with van der Waals surface area (Å²) < 4.78 is 38.4. The molecule has 0 radical (unpaired) electrons. The van der Waals surface area contributed by atoms with Gasteiger partial charge in [-0.25, -0.2) is 10.6 Å². The van der Waals surface area contributed by atoms with E-state index in [4.69, 9.17) is 10.9 Å². The number of carboxylic acids is 1. The summed E-state index contributed by atoms with van der Waals surface area (Å²) in [6.07, 6.45) is -4.23. The zero-order chi connectivity index (χ0) is 23.9. The molecular weight excluding hydrogens is 425 g/mol. The average Bonchev–Trinajstić information content (AvgIpc) is 2.75. The maximum absolute atomic E-state index is 12.8. The van der Waals surface area contributed by atoms with Crippen molar-refractivity contribution in [2.75, 3.05) is 6.54 Å². The van der Waals surface area contributed by atoms with Gasteiger partial charge in [-0.2, -0.15) is 13.2 Å². The van der Waals surface area contributed by atoms with Crippen molar-refractivity contribution in [1.82, 2.24) is 5.01 Å². The number of aromatic carboxylic acids is 1. The first-order valence-corrected chi connectivity index (χ1v) is 10.2. The number of aliphatic hydroxyl groups is 1. The van der Waals surface area contributed by atoms with E-state index in [1.807, 2.05) is 0 Å². The van der Waals surface area contributed by atoms with Gasteiger partial charge in [0.25, 0.3) is 0 Å². The van der Waals surface area contributed by atoms with Gasteiger partial charge >= 0.3 is 12.1 Å². The Hall–Kier alpha value is -2.91. The monoisotopic (exact) mass is 452 g/mol. The third-order valence-electron chi connectivity index (χ3n) is 5.21. The Morgan fingerprint density at radius 1 is 1.06 bits per heavy atom. The number of nitrogens with zero attached hydrogens (tertiary/aromatic N) is 1. The molecule has 0 aromatic heterocycles. The molecule has 174 valence electrons. The van der Waals surface area contributed by atoms with Crippen LogP contribution in [0.2, 0.25) is 0 Å². The van der Waals surface area contributed by atoms with Crippen molar-refractivity contribution in [3.8, 4) is 0 Å². The normalized spacial score (nSPS) is 13.4. The van der Waals surface area contributed by atoms with Crippen LogP contribution in [0.1, 0.15) is 46.8 Å². The summed E-state index contributed by atoms with van der Waals surface area (Å²) in [6.45, 7) is 1.92. The number of amides is 1. The van der Waals surface area contributed by atoms with Crippen LogP contribution in [0.3, 0.4) is 0 Å².